The molecule has 2 aliphatic heterocycles. The van der Waals surface area contributed by atoms with E-state index in [1.165, 1.54) is 6.08 Å². The van der Waals surface area contributed by atoms with Crippen molar-refractivity contribution in [2.24, 2.45) is 0 Å². The van der Waals surface area contributed by atoms with Crippen LogP contribution in [0.2, 0.25) is 0 Å². The van der Waals surface area contributed by atoms with Gasteiger partial charge in [-0.05, 0) is 51.4 Å². The fraction of sp³-hybridized carbons (Fsp3) is 0.567. The number of carboxylic acids is 2. The Morgan fingerprint density at radius 2 is 1.83 bits per heavy atom. The number of ether oxygens (including phenoxy) is 3. The molecule has 1 spiro atoms. The van der Waals surface area contributed by atoms with Crippen LogP contribution in [-0.2, 0) is 51.9 Å². The molecule has 4 aliphatic rings. The third kappa shape index (κ3) is 5.29. The second kappa shape index (κ2) is 12.3. The van der Waals surface area contributed by atoms with Gasteiger partial charge in [-0.15, -0.1) is 0 Å². The summed E-state index contributed by atoms with van der Waals surface area (Å²) in [5, 5.41) is 63.2. The van der Waals surface area contributed by atoms with Crippen LogP contribution in [0.5, 0.6) is 5.75 Å². The number of amides is 1. The zero-order chi connectivity index (χ0) is 33.7. The Bertz CT molecular complexity index is 1490. The number of aliphatic carboxylic acids is 2. The molecule has 0 saturated carbocycles. The van der Waals surface area contributed by atoms with E-state index in [4.69, 9.17) is 24.4 Å². The van der Waals surface area contributed by atoms with Gasteiger partial charge in [0.2, 0.25) is 0 Å². The molecule has 1 amide bonds. The van der Waals surface area contributed by atoms with Crippen LogP contribution in [0.4, 0.5) is 0 Å². The highest BCUT2D eigenvalue weighted by Crippen LogP contribution is 2.64. The SMILES string of the molecule is C[C@H](OC(=O)[C@H](O)[C@@H](O)C(=O)OC1=CC[C@@]2(O)[C@H]3Cc4ccc(CO)c5c4[C@@]2(CCCN3C)[C@H]1O5)C(=O)N[C@H](CC(=O)O)C(=O)O. The van der Waals surface area contributed by atoms with E-state index < -0.39 is 77.7 Å². The number of carboxylic acid groups (broad SMARTS) is 2. The number of nitrogens with zero attached hydrogens (tertiary/aromatic N) is 1. The Balaban J connectivity index is 1.32. The van der Waals surface area contributed by atoms with Crippen molar-refractivity contribution in [3.63, 3.8) is 0 Å². The summed E-state index contributed by atoms with van der Waals surface area (Å²) in [6.45, 7) is 1.35. The van der Waals surface area contributed by atoms with E-state index in [-0.39, 0.29) is 24.8 Å². The van der Waals surface area contributed by atoms with Gasteiger partial charge in [-0.3, -0.25) is 9.59 Å². The molecule has 2 heterocycles. The molecule has 2 aliphatic carbocycles. The summed E-state index contributed by atoms with van der Waals surface area (Å²) in [5.74, 6) is -7.11. The van der Waals surface area contributed by atoms with Gasteiger partial charge in [-0.1, -0.05) is 12.1 Å². The third-order valence-corrected chi connectivity index (χ3v) is 9.51. The fourth-order valence-corrected chi connectivity index (χ4v) is 7.28. The van der Waals surface area contributed by atoms with Crippen molar-refractivity contribution in [3.05, 3.63) is 40.7 Å². The molecule has 1 aromatic carbocycles. The van der Waals surface area contributed by atoms with Crippen molar-refractivity contribution in [2.45, 2.75) is 93.2 Å². The number of likely N-dealkylation sites (N-methyl/N-ethyl adjacent to an activating group) is 1. The lowest BCUT2D eigenvalue weighted by Gasteiger charge is -2.56. The number of rotatable bonds is 11. The van der Waals surface area contributed by atoms with Crippen LogP contribution in [0.15, 0.2) is 24.0 Å². The first kappa shape index (κ1) is 33.3. The Morgan fingerprint density at radius 1 is 1.13 bits per heavy atom. The topological polar surface area (TPSA) is 250 Å². The Morgan fingerprint density at radius 3 is 2.48 bits per heavy atom. The summed E-state index contributed by atoms with van der Waals surface area (Å²) in [6.07, 6.45) is -5.59. The first-order valence-corrected chi connectivity index (χ1v) is 14.7. The van der Waals surface area contributed by atoms with Crippen molar-refractivity contribution in [3.8, 4) is 5.75 Å². The lowest BCUT2D eigenvalue weighted by molar-refractivity contribution is -0.177. The van der Waals surface area contributed by atoms with E-state index in [1.54, 1.807) is 6.07 Å². The lowest BCUT2D eigenvalue weighted by Crippen LogP contribution is -2.69. The molecule has 1 saturated heterocycles. The predicted molar refractivity (Wildman–Crippen MR) is 151 cm³/mol. The summed E-state index contributed by atoms with van der Waals surface area (Å²) in [7, 11) is 1.93. The van der Waals surface area contributed by atoms with Crippen molar-refractivity contribution < 1.29 is 68.8 Å². The number of carbonyl (C=O) groups is 5. The van der Waals surface area contributed by atoms with Crippen molar-refractivity contribution in [1.29, 1.82) is 0 Å². The molecular weight excluding hydrogens is 612 g/mol. The van der Waals surface area contributed by atoms with Crippen LogP contribution in [0, 0.1) is 0 Å². The minimum Gasteiger partial charge on any atom is -0.481 e. The number of nitrogens with one attached hydrogen (secondary N) is 1. The molecular formula is C30H36N2O14. The molecule has 8 atom stereocenters. The van der Waals surface area contributed by atoms with Crippen LogP contribution in [0.3, 0.4) is 0 Å². The van der Waals surface area contributed by atoms with E-state index in [0.717, 1.165) is 18.1 Å². The maximum Gasteiger partial charge on any atom is 0.343 e. The van der Waals surface area contributed by atoms with Crippen LogP contribution in [0.1, 0.15) is 49.3 Å². The van der Waals surface area contributed by atoms with Gasteiger partial charge < -0.3 is 55.1 Å². The van der Waals surface area contributed by atoms with Crippen molar-refractivity contribution >= 4 is 29.8 Å². The summed E-state index contributed by atoms with van der Waals surface area (Å²) in [4.78, 5) is 62.0. The number of carbonyl (C=O) groups excluding carboxylic acids is 3. The smallest absolute Gasteiger partial charge is 0.343 e. The molecule has 1 fully saturated rings. The monoisotopic (exact) mass is 648 g/mol. The number of benzene rings is 1. The van der Waals surface area contributed by atoms with E-state index in [1.807, 2.05) is 18.4 Å². The van der Waals surface area contributed by atoms with E-state index in [0.29, 0.717) is 37.1 Å². The average molecular weight is 649 g/mol. The average Bonchev–Trinajstić information content (AvgIpc) is 3.34. The Kier molecular flexibility index (Phi) is 8.87. The van der Waals surface area contributed by atoms with Gasteiger partial charge in [-0.25, -0.2) is 14.4 Å². The molecule has 0 unspecified atom stereocenters. The van der Waals surface area contributed by atoms with Gasteiger partial charge >= 0.3 is 23.9 Å². The molecule has 2 bridgehead atoms. The molecule has 46 heavy (non-hydrogen) atoms. The maximum atomic E-state index is 13.1. The van der Waals surface area contributed by atoms with Gasteiger partial charge in [0.1, 0.15) is 17.6 Å². The number of aliphatic hydroxyl groups is 4. The highest BCUT2D eigenvalue weighted by atomic mass is 16.6. The first-order valence-electron chi connectivity index (χ1n) is 14.7. The van der Waals surface area contributed by atoms with Crippen molar-refractivity contribution in [2.75, 3.05) is 13.6 Å². The number of hydrogen-bond donors (Lipinski definition) is 7. The Hall–Kier alpha value is -4.09. The molecule has 0 aromatic heterocycles. The largest absolute Gasteiger partial charge is 0.481 e. The molecule has 0 radical (unpaired) electrons. The standard InChI is InChI=1S/C30H36N2O14/c1-13(25(38)31-16(26(39)40)11-19(34)35)44-27(41)21(36)22(37)28(42)45-17-6-8-30(43)18-10-14-4-5-15(12-33)23-20(14)29(30,24(17)46-23)7-3-9-32(18)2/h4-6,13,16,18,21-22,24,33,36-37,43H,3,7-12H2,1-2H3,(H,31,38)(H,34,35)(H,39,40)/t13-,16+,18+,21+,22+,24-,29-,30+/m0/s1. The third-order valence-electron chi connectivity index (χ3n) is 9.51. The second-order valence-corrected chi connectivity index (χ2v) is 12.1. The minimum absolute atomic E-state index is 0.0548. The zero-order valence-corrected chi connectivity index (χ0v) is 25.0. The molecule has 16 heteroatoms. The van der Waals surface area contributed by atoms with Crippen molar-refractivity contribution in [1.82, 2.24) is 10.2 Å². The zero-order valence-electron chi connectivity index (χ0n) is 25.0. The summed E-state index contributed by atoms with van der Waals surface area (Å²) in [5.41, 5.74) is -0.251. The number of likely N-dealkylation sites (tertiary alicyclic amines) is 1. The van der Waals surface area contributed by atoms with Crippen LogP contribution < -0.4 is 10.1 Å². The van der Waals surface area contributed by atoms with Gasteiger partial charge in [0.05, 0.1) is 24.0 Å². The lowest BCUT2D eigenvalue weighted by atomic mass is 9.52. The molecule has 1 aromatic rings. The van der Waals surface area contributed by atoms with E-state index >= 15 is 0 Å². The predicted octanol–water partition coefficient (Wildman–Crippen LogP) is -1.91. The summed E-state index contributed by atoms with van der Waals surface area (Å²) >= 11 is 0. The van der Waals surface area contributed by atoms with Crippen LogP contribution in [-0.4, -0.2) is 121 Å². The minimum atomic E-state index is -2.53. The van der Waals surface area contributed by atoms with E-state index in [9.17, 15) is 44.4 Å². The Labute approximate surface area is 262 Å². The highest BCUT2D eigenvalue weighted by Gasteiger charge is 2.70. The molecule has 7 N–H and O–H groups in total. The summed E-state index contributed by atoms with van der Waals surface area (Å²) in [6, 6.07) is 1.51. The van der Waals surface area contributed by atoms with Gasteiger partial charge in [-0.2, -0.15) is 0 Å². The molecule has 5 rings (SSSR count). The number of esters is 2. The van der Waals surface area contributed by atoms with Gasteiger partial charge in [0.25, 0.3) is 5.91 Å². The molecule has 250 valence electrons. The number of aliphatic hydroxyl groups excluding tert-OH is 3. The molecule has 16 nitrogen and oxygen atoms in total. The summed E-state index contributed by atoms with van der Waals surface area (Å²) < 4.78 is 16.7. The second-order valence-electron chi connectivity index (χ2n) is 12.1. The fourth-order valence-electron chi connectivity index (χ4n) is 7.28. The number of hydrogen-bond acceptors (Lipinski definition) is 13. The van der Waals surface area contributed by atoms with Crippen LogP contribution in [0.25, 0.3) is 0 Å². The normalized spacial score (nSPS) is 28.6. The van der Waals surface area contributed by atoms with E-state index in [2.05, 4.69) is 4.90 Å². The maximum absolute atomic E-state index is 13.1. The van der Waals surface area contributed by atoms with Gasteiger partial charge in [0, 0.05) is 23.6 Å². The quantitative estimate of drug-likeness (QED) is 0.129. The first-order chi connectivity index (χ1) is 21.7. The highest BCUT2D eigenvalue weighted by molar-refractivity contribution is 5.91. The van der Waals surface area contributed by atoms with Crippen LogP contribution >= 0.6 is 0 Å². The van der Waals surface area contributed by atoms with Gasteiger partial charge in [0.15, 0.2) is 24.4 Å².